The van der Waals surface area contributed by atoms with Crippen molar-refractivity contribution in [2.24, 2.45) is 0 Å². The molecule has 2 heterocycles. The van der Waals surface area contributed by atoms with Crippen LogP contribution in [0.4, 0.5) is 5.69 Å². The van der Waals surface area contributed by atoms with E-state index in [9.17, 15) is 14.4 Å². The highest BCUT2D eigenvalue weighted by Gasteiger charge is 2.40. The summed E-state index contributed by atoms with van der Waals surface area (Å²) in [6.45, 7) is 4.89. The molecule has 2 aromatic rings. The quantitative estimate of drug-likeness (QED) is 0.532. The van der Waals surface area contributed by atoms with Crippen LogP contribution in [0.1, 0.15) is 42.1 Å². The Hall–Kier alpha value is -3.03. The number of nitrogens with one attached hydrogen (secondary N) is 1. The van der Waals surface area contributed by atoms with Gasteiger partial charge in [0.2, 0.25) is 5.91 Å². The van der Waals surface area contributed by atoms with Crippen molar-refractivity contribution in [2.45, 2.75) is 44.8 Å². The van der Waals surface area contributed by atoms with Gasteiger partial charge in [0.1, 0.15) is 0 Å². The molecule has 0 aromatic heterocycles. The van der Waals surface area contributed by atoms with Crippen LogP contribution in [0.15, 0.2) is 54.6 Å². The molecule has 0 radical (unpaired) electrons. The number of nitrogens with zero attached hydrogens (tertiary/aromatic N) is 2. The molecule has 0 bridgehead atoms. The van der Waals surface area contributed by atoms with Crippen LogP contribution in [0.25, 0.3) is 0 Å². The first-order valence-corrected chi connectivity index (χ1v) is 11.2. The fourth-order valence-corrected chi connectivity index (χ4v) is 4.38. The summed E-state index contributed by atoms with van der Waals surface area (Å²) in [4.78, 5) is 41.0. The standard InChI is InChI=1S/C25H29N3O4/c1-2-32-25(31)19-8-10-21(11-9-19)28-23(29)16-22(24(28)30)26-20-12-14-27(15-13-20)17-18-6-4-3-5-7-18/h3-11,20,22,26H,2,12-17H2,1H3/t22-/m0/s1. The van der Waals surface area contributed by atoms with Gasteiger partial charge >= 0.3 is 5.97 Å². The van der Waals surface area contributed by atoms with E-state index in [1.807, 2.05) is 6.07 Å². The number of likely N-dealkylation sites (tertiary alicyclic amines) is 1. The number of anilines is 1. The molecular formula is C25H29N3O4. The zero-order chi connectivity index (χ0) is 22.5. The number of imide groups is 1. The van der Waals surface area contributed by atoms with Crippen LogP contribution in [0, 0.1) is 0 Å². The molecule has 1 N–H and O–H groups in total. The summed E-state index contributed by atoms with van der Waals surface area (Å²) in [5.74, 6) is -0.875. The number of piperidine rings is 1. The first kappa shape index (κ1) is 22.2. The van der Waals surface area contributed by atoms with E-state index in [-0.39, 0.29) is 24.3 Å². The van der Waals surface area contributed by atoms with Gasteiger partial charge in [-0.05, 0) is 62.7 Å². The number of carbonyl (C=O) groups excluding carboxylic acids is 3. The Morgan fingerprint density at radius 2 is 1.72 bits per heavy atom. The molecule has 2 amide bonds. The topological polar surface area (TPSA) is 79.0 Å². The van der Waals surface area contributed by atoms with Crippen molar-refractivity contribution >= 4 is 23.5 Å². The molecule has 7 heteroatoms. The summed E-state index contributed by atoms with van der Waals surface area (Å²) in [7, 11) is 0. The van der Waals surface area contributed by atoms with Gasteiger partial charge in [0.05, 0.1) is 30.3 Å². The number of hydrogen-bond acceptors (Lipinski definition) is 6. The first-order chi connectivity index (χ1) is 15.5. The molecule has 32 heavy (non-hydrogen) atoms. The molecular weight excluding hydrogens is 406 g/mol. The molecule has 2 aromatic carbocycles. The molecule has 0 saturated carbocycles. The lowest BCUT2D eigenvalue weighted by Crippen LogP contribution is -2.48. The van der Waals surface area contributed by atoms with Gasteiger partial charge in [-0.25, -0.2) is 9.69 Å². The Labute approximate surface area is 188 Å². The minimum atomic E-state index is -0.502. The van der Waals surface area contributed by atoms with Gasteiger partial charge in [-0.2, -0.15) is 0 Å². The SMILES string of the molecule is CCOC(=O)c1ccc(N2C(=O)C[C@H](NC3CCN(Cc4ccccc4)CC3)C2=O)cc1. The zero-order valence-corrected chi connectivity index (χ0v) is 18.3. The molecule has 2 aliphatic heterocycles. The Morgan fingerprint density at radius 3 is 2.38 bits per heavy atom. The van der Waals surface area contributed by atoms with Crippen molar-refractivity contribution in [1.29, 1.82) is 0 Å². The second kappa shape index (κ2) is 10.1. The van der Waals surface area contributed by atoms with Crippen LogP contribution in [0.5, 0.6) is 0 Å². The van der Waals surface area contributed by atoms with Gasteiger partial charge in [0.25, 0.3) is 5.91 Å². The number of esters is 1. The predicted octanol–water partition coefficient (Wildman–Crippen LogP) is 2.75. The van der Waals surface area contributed by atoms with Crippen molar-refractivity contribution in [3.63, 3.8) is 0 Å². The average Bonchev–Trinajstić information content (AvgIpc) is 3.09. The van der Waals surface area contributed by atoms with Crippen LogP contribution in [0.2, 0.25) is 0 Å². The van der Waals surface area contributed by atoms with Crippen molar-refractivity contribution in [1.82, 2.24) is 10.2 Å². The lowest BCUT2D eigenvalue weighted by molar-refractivity contribution is -0.121. The lowest BCUT2D eigenvalue weighted by atomic mass is 10.0. The third-order valence-corrected chi connectivity index (χ3v) is 6.06. The van der Waals surface area contributed by atoms with Crippen LogP contribution in [-0.4, -0.2) is 54.5 Å². The zero-order valence-electron chi connectivity index (χ0n) is 18.3. The van der Waals surface area contributed by atoms with Gasteiger partial charge in [-0.3, -0.25) is 14.5 Å². The van der Waals surface area contributed by atoms with E-state index in [0.29, 0.717) is 17.9 Å². The fourth-order valence-electron chi connectivity index (χ4n) is 4.38. The van der Waals surface area contributed by atoms with E-state index < -0.39 is 12.0 Å². The number of amides is 2. The Bertz CT molecular complexity index is 953. The van der Waals surface area contributed by atoms with Gasteiger partial charge in [0, 0.05) is 12.6 Å². The van der Waals surface area contributed by atoms with Gasteiger partial charge < -0.3 is 10.1 Å². The third kappa shape index (κ3) is 5.06. The summed E-state index contributed by atoms with van der Waals surface area (Å²) in [6.07, 6.45) is 2.04. The largest absolute Gasteiger partial charge is 0.462 e. The molecule has 2 saturated heterocycles. The van der Waals surface area contributed by atoms with E-state index in [1.165, 1.54) is 10.5 Å². The summed E-state index contributed by atoms with van der Waals surface area (Å²) < 4.78 is 4.98. The van der Waals surface area contributed by atoms with Gasteiger partial charge in [-0.15, -0.1) is 0 Å². The molecule has 2 fully saturated rings. The maximum absolute atomic E-state index is 13.0. The lowest BCUT2D eigenvalue weighted by Gasteiger charge is -2.33. The number of hydrogen-bond donors (Lipinski definition) is 1. The maximum atomic E-state index is 13.0. The number of rotatable bonds is 7. The van der Waals surface area contributed by atoms with Crippen molar-refractivity contribution < 1.29 is 19.1 Å². The van der Waals surface area contributed by atoms with E-state index in [4.69, 9.17) is 4.74 Å². The van der Waals surface area contributed by atoms with Crippen molar-refractivity contribution in [3.05, 3.63) is 65.7 Å². The molecule has 0 aliphatic carbocycles. The normalized spacial score (nSPS) is 20.0. The van der Waals surface area contributed by atoms with E-state index in [2.05, 4.69) is 34.5 Å². The van der Waals surface area contributed by atoms with E-state index in [1.54, 1.807) is 31.2 Å². The molecule has 7 nitrogen and oxygen atoms in total. The molecule has 0 spiro atoms. The summed E-state index contributed by atoms with van der Waals surface area (Å²) in [6, 6.07) is 16.5. The Balaban J connectivity index is 1.31. The number of carbonyl (C=O) groups is 3. The maximum Gasteiger partial charge on any atom is 0.338 e. The molecule has 1 atom stereocenters. The smallest absolute Gasteiger partial charge is 0.338 e. The minimum absolute atomic E-state index is 0.155. The number of ether oxygens (including phenoxy) is 1. The molecule has 168 valence electrons. The van der Waals surface area contributed by atoms with Crippen LogP contribution in [0.3, 0.4) is 0 Å². The first-order valence-electron chi connectivity index (χ1n) is 11.2. The van der Waals surface area contributed by atoms with Crippen LogP contribution >= 0.6 is 0 Å². The van der Waals surface area contributed by atoms with Crippen molar-refractivity contribution in [3.8, 4) is 0 Å². The second-order valence-electron chi connectivity index (χ2n) is 8.29. The minimum Gasteiger partial charge on any atom is -0.462 e. The van der Waals surface area contributed by atoms with E-state index in [0.717, 1.165) is 32.5 Å². The van der Waals surface area contributed by atoms with Crippen molar-refractivity contribution in [2.75, 3.05) is 24.6 Å². The third-order valence-electron chi connectivity index (χ3n) is 6.06. The monoisotopic (exact) mass is 435 g/mol. The average molecular weight is 436 g/mol. The molecule has 2 aliphatic rings. The predicted molar refractivity (Wildman–Crippen MR) is 121 cm³/mol. The Kier molecular flexibility index (Phi) is 6.97. The van der Waals surface area contributed by atoms with E-state index >= 15 is 0 Å². The van der Waals surface area contributed by atoms with Crippen LogP contribution in [-0.2, 0) is 20.9 Å². The summed E-state index contributed by atoms with van der Waals surface area (Å²) >= 11 is 0. The molecule has 0 unspecified atom stereocenters. The van der Waals surface area contributed by atoms with Gasteiger partial charge in [0.15, 0.2) is 0 Å². The second-order valence-corrected chi connectivity index (χ2v) is 8.29. The summed E-state index contributed by atoms with van der Waals surface area (Å²) in [5.41, 5.74) is 2.18. The highest BCUT2D eigenvalue weighted by Crippen LogP contribution is 2.25. The fraction of sp³-hybridized carbons (Fsp3) is 0.400. The summed E-state index contributed by atoms with van der Waals surface area (Å²) in [5, 5.41) is 3.42. The Morgan fingerprint density at radius 1 is 1.03 bits per heavy atom. The van der Waals surface area contributed by atoms with Crippen LogP contribution < -0.4 is 10.2 Å². The highest BCUT2D eigenvalue weighted by molar-refractivity contribution is 6.22. The highest BCUT2D eigenvalue weighted by atomic mass is 16.5. The number of benzene rings is 2. The molecule has 4 rings (SSSR count). The van der Waals surface area contributed by atoms with Gasteiger partial charge in [-0.1, -0.05) is 30.3 Å².